The fraction of sp³-hybridized carbons (Fsp3) is 0.154. The zero-order chi connectivity index (χ0) is 15.9. The maximum Gasteiger partial charge on any atom is 0.453 e. The van der Waals surface area contributed by atoms with E-state index < -0.39 is 17.8 Å². The summed E-state index contributed by atoms with van der Waals surface area (Å²) in [4.78, 5) is 15.6. The highest BCUT2D eigenvalue weighted by atomic mass is 19.4. The van der Waals surface area contributed by atoms with Gasteiger partial charge in [0.15, 0.2) is 5.69 Å². The van der Waals surface area contributed by atoms with Crippen molar-refractivity contribution in [2.45, 2.75) is 13.1 Å². The van der Waals surface area contributed by atoms with Gasteiger partial charge in [-0.25, -0.2) is 0 Å². The number of nitrogens with zero attached hydrogens (tertiary/aromatic N) is 5. The van der Waals surface area contributed by atoms with Crippen molar-refractivity contribution in [3.05, 3.63) is 53.1 Å². The van der Waals surface area contributed by atoms with Crippen LogP contribution >= 0.6 is 0 Å². The summed E-state index contributed by atoms with van der Waals surface area (Å²) in [5.74, 6) is -2.08. The Kier molecular flexibility index (Phi) is 3.12. The second-order valence-electron chi connectivity index (χ2n) is 4.47. The highest BCUT2D eigenvalue weighted by Gasteiger charge is 2.37. The van der Waals surface area contributed by atoms with E-state index in [0.29, 0.717) is 5.56 Å². The minimum Gasteiger partial charge on any atom is -0.287 e. The van der Waals surface area contributed by atoms with Crippen molar-refractivity contribution in [3.63, 3.8) is 0 Å². The number of rotatable bonds is 2. The van der Waals surface area contributed by atoms with E-state index in [-0.39, 0.29) is 17.2 Å². The molecule has 0 saturated carbocycles. The van der Waals surface area contributed by atoms with Gasteiger partial charge in [0.1, 0.15) is 0 Å². The first-order chi connectivity index (χ1) is 10.4. The summed E-state index contributed by atoms with van der Waals surface area (Å²) < 4.78 is 38.8. The quantitative estimate of drug-likeness (QED) is 0.678. The second-order valence-corrected chi connectivity index (χ2v) is 4.47. The number of fused-ring (bicyclic) bond motifs is 1. The molecule has 0 unspecified atom stereocenters. The normalized spacial score (nSPS) is 11.8. The molecule has 2 aromatic heterocycles. The van der Waals surface area contributed by atoms with Crippen LogP contribution in [0.4, 0.5) is 13.2 Å². The Balaban J connectivity index is 2.13. The van der Waals surface area contributed by atoms with Crippen molar-refractivity contribution in [1.82, 2.24) is 24.8 Å². The van der Waals surface area contributed by atoms with Gasteiger partial charge >= 0.3 is 6.18 Å². The van der Waals surface area contributed by atoms with Crippen LogP contribution in [-0.4, -0.2) is 30.6 Å². The van der Waals surface area contributed by atoms with E-state index in [1.54, 1.807) is 30.3 Å². The van der Waals surface area contributed by atoms with Gasteiger partial charge in [-0.05, 0) is 6.92 Å². The van der Waals surface area contributed by atoms with Crippen LogP contribution in [0.1, 0.15) is 27.6 Å². The first-order valence-corrected chi connectivity index (χ1v) is 6.15. The summed E-state index contributed by atoms with van der Waals surface area (Å²) in [7, 11) is 0. The Hall–Kier alpha value is -2.84. The highest BCUT2D eigenvalue weighted by molar-refractivity contribution is 6.08. The molecule has 112 valence electrons. The van der Waals surface area contributed by atoms with Gasteiger partial charge in [0, 0.05) is 5.56 Å². The maximum atomic E-state index is 12.6. The molecule has 0 aliphatic heterocycles. The molecule has 0 amide bonds. The number of hydrogen-bond donors (Lipinski definition) is 0. The van der Waals surface area contributed by atoms with E-state index >= 15 is 0 Å². The van der Waals surface area contributed by atoms with Gasteiger partial charge in [0.25, 0.3) is 11.6 Å². The summed E-state index contributed by atoms with van der Waals surface area (Å²) in [6.07, 6.45) is -4.69. The molecule has 3 rings (SSSR count). The fourth-order valence-corrected chi connectivity index (χ4v) is 1.92. The number of halogens is 3. The van der Waals surface area contributed by atoms with Crippen LogP contribution in [0.15, 0.2) is 30.3 Å². The predicted molar refractivity (Wildman–Crippen MR) is 68.2 cm³/mol. The van der Waals surface area contributed by atoms with Crippen LogP contribution in [0.3, 0.4) is 0 Å². The predicted octanol–water partition coefficient (Wildman–Crippen LogP) is 2.08. The molecule has 22 heavy (non-hydrogen) atoms. The SMILES string of the molecule is Cc1c(C(=O)c2ccccc2)nnc2nc(C(F)(F)F)nn12. The van der Waals surface area contributed by atoms with E-state index in [9.17, 15) is 18.0 Å². The molecule has 0 aliphatic rings. The molecule has 0 spiro atoms. The van der Waals surface area contributed by atoms with Gasteiger partial charge < -0.3 is 0 Å². The van der Waals surface area contributed by atoms with Crippen molar-refractivity contribution in [3.8, 4) is 0 Å². The van der Waals surface area contributed by atoms with E-state index in [1.807, 2.05) is 0 Å². The van der Waals surface area contributed by atoms with Gasteiger partial charge in [-0.15, -0.1) is 15.3 Å². The molecule has 0 saturated heterocycles. The minimum absolute atomic E-state index is 0.0719. The molecule has 0 aliphatic carbocycles. The zero-order valence-corrected chi connectivity index (χ0v) is 11.2. The lowest BCUT2D eigenvalue weighted by atomic mass is 10.1. The second kappa shape index (κ2) is 4.86. The fourth-order valence-electron chi connectivity index (χ4n) is 1.92. The topological polar surface area (TPSA) is 73.0 Å². The first-order valence-electron chi connectivity index (χ1n) is 6.15. The number of aryl methyl sites for hydroxylation is 1. The van der Waals surface area contributed by atoms with Gasteiger partial charge in [-0.3, -0.25) is 4.79 Å². The van der Waals surface area contributed by atoms with Crippen LogP contribution in [0.25, 0.3) is 5.78 Å². The van der Waals surface area contributed by atoms with Crippen LogP contribution < -0.4 is 0 Å². The average Bonchev–Trinajstić information content (AvgIpc) is 2.93. The smallest absolute Gasteiger partial charge is 0.287 e. The molecular formula is C13H8F3N5O. The Bertz CT molecular complexity index is 857. The third-order valence-electron chi connectivity index (χ3n) is 2.99. The maximum absolute atomic E-state index is 12.6. The summed E-state index contributed by atoms with van der Waals surface area (Å²) in [5, 5.41) is 10.6. The van der Waals surface area contributed by atoms with E-state index in [4.69, 9.17) is 0 Å². The molecule has 1 aromatic carbocycles. The Morgan fingerprint density at radius 3 is 2.45 bits per heavy atom. The monoisotopic (exact) mass is 307 g/mol. The van der Waals surface area contributed by atoms with E-state index in [2.05, 4.69) is 20.3 Å². The van der Waals surface area contributed by atoms with Gasteiger partial charge in [0.2, 0.25) is 5.78 Å². The molecule has 0 N–H and O–H groups in total. The van der Waals surface area contributed by atoms with Crippen molar-refractivity contribution >= 4 is 11.6 Å². The number of ketones is 1. The van der Waals surface area contributed by atoms with Crippen LogP contribution in [0.5, 0.6) is 0 Å². The number of hydrogen-bond acceptors (Lipinski definition) is 5. The van der Waals surface area contributed by atoms with Crippen LogP contribution in [0.2, 0.25) is 0 Å². The van der Waals surface area contributed by atoms with E-state index in [0.717, 1.165) is 4.52 Å². The Labute approximate surface area is 121 Å². The highest BCUT2D eigenvalue weighted by Crippen LogP contribution is 2.26. The summed E-state index contributed by atoms with van der Waals surface area (Å²) >= 11 is 0. The summed E-state index contributed by atoms with van der Waals surface area (Å²) in [5.41, 5.74) is 0.426. The number of aromatic nitrogens is 5. The Morgan fingerprint density at radius 2 is 1.82 bits per heavy atom. The molecule has 0 bridgehead atoms. The Morgan fingerprint density at radius 1 is 1.14 bits per heavy atom. The lowest BCUT2D eigenvalue weighted by Gasteiger charge is -2.04. The molecule has 0 fully saturated rings. The largest absolute Gasteiger partial charge is 0.453 e. The van der Waals surface area contributed by atoms with Crippen molar-refractivity contribution in [2.24, 2.45) is 0 Å². The third kappa shape index (κ3) is 2.30. The number of carbonyl (C=O) groups is 1. The van der Waals surface area contributed by atoms with Crippen LogP contribution in [-0.2, 0) is 6.18 Å². The molecule has 0 radical (unpaired) electrons. The minimum atomic E-state index is -4.69. The molecule has 0 atom stereocenters. The average molecular weight is 307 g/mol. The first kappa shape index (κ1) is 14.1. The molecule has 6 nitrogen and oxygen atoms in total. The lowest BCUT2D eigenvalue weighted by Crippen LogP contribution is -2.13. The molecule has 3 aromatic rings. The summed E-state index contributed by atoms with van der Waals surface area (Å²) in [6.45, 7) is 1.44. The molecule has 2 heterocycles. The number of alkyl halides is 3. The third-order valence-corrected chi connectivity index (χ3v) is 2.99. The van der Waals surface area contributed by atoms with Gasteiger partial charge in [-0.1, -0.05) is 30.3 Å². The molecular weight excluding hydrogens is 299 g/mol. The number of carbonyl (C=O) groups excluding carboxylic acids is 1. The number of benzene rings is 1. The van der Waals surface area contributed by atoms with Gasteiger partial charge in [0.05, 0.1) is 5.69 Å². The molecule has 9 heteroatoms. The lowest BCUT2D eigenvalue weighted by molar-refractivity contribution is -0.144. The van der Waals surface area contributed by atoms with Crippen molar-refractivity contribution in [2.75, 3.05) is 0 Å². The zero-order valence-electron chi connectivity index (χ0n) is 11.2. The van der Waals surface area contributed by atoms with Crippen LogP contribution in [0, 0.1) is 6.92 Å². The van der Waals surface area contributed by atoms with Crippen molar-refractivity contribution < 1.29 is 18.0 Å². The standard InChI is InChI=1S/C13H8F3N5O/c1-7-9(10(22)8-5-3-2-4-6-8)18-19-12-17-11(13(14,15)16)20-21(7)12/h2-6H,1H3. The summed E-state index contributed by atoms with van der Waals surface area (Å²) in [6, 6.07) is 8.25. The van der Waals surface area contributed by atoms with E-state index in [1.165, 1.54) is 6.92 Å². The van der Waals surface area contributed by atoms with Gasteiger partial charge in [-0.2, -0.15) is 22.7 Å². The van der Waals surface area contributed by atoms with Crippen molar-refractivity contribution in [1.29, 1.82) is 0 Å².